The highest BCUT2D eigenvalue weighted by Gasteiger charge is 2.18. The predicted molar refractivity (Wildman–Crippen MR) is 66.2 cm³/mol. The minimum Gasteiger partial charge on any atom is -0.480 e. The lowest BCUT2D eigenvalue weighted by Crippen LogP contribution is -2.48. The molecule has 0 saturated heterocycles. The maximum Gasteiger partial charge on any atom is 0.326 e. The molecule has 0 fully saturated rings. The molecule has 104 valence electrons. The van der Waals surface area contributed by atoms with Crippen molar-refractivity contribution in [2.75, 3.05) is 19.6 Å². The van der Waals surface area contributed by atoms with E-state index in [-0.39, 0.29) is 18.9 Å². The van der Waals surface area contributed by atoms with Crippen LogP contribution in [0.4, 0.5) is 4.79 Å². The Hall–Kier alpha value is -1.79. The number of nitrogens with zero attached hydrogens (tertiary/aromatic N) is 1. The lowest BCUT2D eigenvalue weighted by Gasteiger charge is -2.19. The third-order valence-electron chi connectivity index (χ3n) is 2.53. The molecule has 3 amide bonds. The quantitative estimate of drug-likeness (QED) is 0.600. The third kappa shape index (κ3) is 5.51. The molecule has 0 radical (unpaired) electrons. The normalized spacial score (nSPS) is 11.5. The summed E-state index contributed by atoms with van der Waals surface area (Å²) < 4.78 is 0. The van der Waals surface area contributed by atoms with Crippen molar-refractivity contribution in [1.82, 2.24) is 15.5 Å². The van der Waals surface area contributed by atoms with Crippen LogP contribution in [0.15, 0.2) is 0 Å². The van der Waals surface area contributed by atoms with Crippen LogP contribution in [0.5, 0.6) is 0 Å². The number of likely N-dealkylation sites (N-methyl/N-ethyl adjacent to an activating group) is 1. The molecule has 0 aliphatic rings. The Morgan fingerprint density at radius 1 is 1.17 bits per heavy atom. The Kier molecular flexibility index (Phi) is 7.50. The highest BCUT2D eigenvalue weighted by molar-refractivity contribution is 5.86. The second-order valence-electron chi connectivity index (χ2n) is 3.69. The van der Waals surface area contributed by atoms with Gasteiger partial charge >= 0.3 is 12.0 Å². The fraction of sp³-hybridized carbons (Fsp3) is 0.727. The van der Waals surface area contributed by atoms with Crippen LogP contribution in [-0.2, 0) is 9.59 Å². The van der Waals surface area contributed by atoms with E-state index >= 15 is 0 Å². The minimum absolute atomic E-state index is 0.135. The van der Waals surface area contributed by atoms with Gasteiger partial charge in [-0.1, -0.05) is 6.92 Å². The SMILES string of the molecule is CC[C@@H](NC(=O)NCC(=O)N(CC)CC)C(=O)O. The Labute approximate surface area is 107 Å². The van der Waals surface area contributed by atoms with E-state index in [1.807, 2.05) is 13.8 Å². The number of rotatable bonds is 7. The van der Waals surface area contributed by atoms with Gasteiger partial charge in [0.15, 0.2) is 0 Å². The van der Waals surface area contributed by atoms with Crippen LogP contribution < -0.4 is 10.6 Å². The first-order valence-electron chi connectivity index (χ1n) is 6.01. The number of carbonyl (C=O) groups is 3. The molecule has 0 bridgehead atoms. The molecule has 0 heterocycles. The largest absolute Gasteiger partial charge is 0.480 e. The smallest absolute Gasteiger partial charge is 0.326 e. The summed E-state index contributed by atoms with van der Waals surface area (Å²) in [7, 11) is 0. The molecule has 0 aromatic rings. The van der Waals surface area contributed by atoms with Crippen LogP contribution in [0.3, 0.4) is 0 Å². The monoisotopic (exact) mass is 259 g/mol. The van der Waals surface area contributed by atoms with E-state index in [0.29, 0.717) is 13.1 Å². The molecule has 3 N–H and O–H groups in total. The van der Waals surface area contributed by atoms with Gasteiger partial charge in [0.25, 0.3) is 0 Å². The van der Waals surface area contributed by atoms with Crippen molar-refractivity contribution in [2.24, 2.45) is 0 Å². The maximum absolute atomic E-state index is 11.6. The highest BCUT2D eigenvalue weighted by Crippen LogP contribution is 1.91. The van der Waals surface area contributed by atoms with E-state index in [1.165, 1.54) is 0 Å². The van der Waals surface area contributed by atoms with E-state index < -0.39 is 18.0 Å². The number of hydrogen-bond donors (Lipinski definition) is 3. The highest BCUT2D eigenvalue weighted by atomic mass is 16.4. The van der Waals surface area contributed by atoms with Crippen LogP contribution in [-0.4, -0.2) is 53.6 Å². The lowest BCUT2D eigenvalue weighted by atomic mass is 10.2. The van der Waals surface area contributed by atoms with Gasteiger partial charge in [-0.15, -0.1) is 0 Å². The summed E-state index contributed by atoms with van der Waals surface area (Å²) in [5.41, 5.74) is 0. The molecular formula is C11H21N3O4. The first-order chi connectivity index (χ1) is 8.46. The predicted octanol–water partition coefficient (Wildman–Crippen LogP) is 0.0172. The second-order valence-corrected chi connectivity index (χ2v) is 3.69. The standard InChI is InChI=1S/C11H21N3O4/c1-4-8(10(16)17)13-11(18)12-7-9(15)14(5-2)6-3/h8H,4-7H2,1-3H3,(H,16,17)(H2,12,13,18)/t8-/m1/s1. The van der Waals surface area contributed by atoms with Gasteiger partial charge in [-0.3, -0.25) is 4.79 Å². The van der Waals surface area contributed by atoms with Gasteiger partial charge in [-0.25, -0.2) is 9.59 Å². The molecule has 0 rings (SSSR count). The number of carboxylic acids is 1. The molecular weight excluding hydrogens is 238 g/mol. The Morgan fingerprint density at radius 3 is 2.11 bits per heavy atom. The fourth-order valence-corrected chi connectivity index (χ4v) is 1.39. The summed E-state index contributed by atoms with van der Waals surface area (Å²) in [5, 5.41) is 13.4. The van der Waals surface area contributed by atoms with Crippen LogP contribution in [0.1, 0.15) is 27.2 Å². The number of urea groups is 1. The van der Waals surface area contributed by atoms with Gasteiger partial charge in [0.05, 0.1) is 6.54 Å². The van der Waals surface area contributed by atoms with Crippen molar-refractivity contribution < 1.29 is 19.5 Å². The van der Waals surface area contributed by atoms with Crippen molar-refractivity contribution in [2.45, 2.75) is 33.2 Å². The summed E-state index contributed by atoms with van der Waals surface area (Å²) in [4.78, 5) is 35.2. The Balaban J connectivity index is 4.10. The maximum atomic E-state index is 11.6. The first-order valence-corrected chi connectivity index (χ1v) is 6.01. The number of carboxylic acid groups (broad SMARTS) is 1. The zero-order chi connectivity index (χ0) is 14.1. The van der Waals surface area contributed by atoms with Gasteiger partial charge in [-0.05, 0) is 20.3 Å². The van der Waals surface area contributed by atoms with E-state index in [2.05, 4.69) is 10.6 Å². The zero-order valence-electron chi connectivity index (χ0n) is 11.0. The van der Waals surface area contributed by atoms with Crippen molar-refractivity contribution in [1.29, 1.82) is 0 Å². The Bertz CT molecular complexity index is 303. The zero-order valence-corrected chi connectivity index (χ0v) is 11.0. The summed E-state index contributed by atoms with van der Waals surface area (Å²) >= 11 is 0. The molecule has 7 nitrogen and oxygen atoms in total. The first kappa shape index (κ1) is 16.2. The van der Waals surface area contributed by atoms with Crippen LogP contribution >= 0.6 is 0 Å². The third-order valence-corrected chi connectivity index (χ3v) is 2.53. The molecule has 0 aromatic heterocycles. The second kappa shape index (κ2) is 8.32. The molecule has 0 aromatic carbocycles. The average molecular weight is 259 g/mol. The molecule has 18 heavy (non-hydrogen) atoms. The van der Waals surface area contributed by atoms with Gasteiger partial charge in [-0.2, -0.15) is 0 Å². The van der Waals surface area contributed by atoms with Crippen LogP contribution in [0.25, 0.3) is 0 Å². The van der Waals surface area contributed by atoms with Gasteiger partial charge < -0.3 is 20.6 Å². The molecule has 1 atom stereocenters. The summed E-state index contributed by atoms with van der Waals surface area (Å²) in [5.74, 6) is -1.29. The number of aliphatic carboxylic acids is 1. The van der Waals surface area contributed by atoms with Crippen LogP contribution in [0.2, 0.25) is 0 Å². The van der Waals surface area contributed by atoms with Crippen molar-refractivity contribution in [3.8, 4) is 0 Å². The number of carbonyl (C=O) groups excluding carboxylic acids is 2. The minimum atomic E-state index is -1.09. The summed E-state index contributed by atoms with van der Waals surface area (Å²) in [6.07, 6.45) is 0.284. The van der Waals surface area contributed by atoms with E-state index in [1.54, 1.807) is 11.8 Å². The molecule has 7 heteroatoms. The fourth-order valence-electron chi connectivity index (χ4n) is 1.39. The van der Waals surface area contributed by atoms with Crippen molar-refractivity contribution >= 4 is 17.9 Å². The van der Waals surface area contributed by atoms with Crippen molar-refractivity contribution in [3.05, 3.63) is 0 Å². The van der Waals surface area contributed by atoms with Gasteiger partial charge in [0.2, 0.25) is 5.91 Å². The number of hydrogen-bond acceptors (Lipinski definition) is 3. The molecule has 0 unspecified atom stereocenters. The van der Waals surface area contributed by atoms with Gasteiger partial charge in [0, 0.05) is 13.1 Å². The molecule has 0 aliphatic heterocycles. The van der Waals surface area contributed by atoms with Crippen molar-refractivity contribution in [3.63, 3.8) is 0 Å². The summed E-state index contributed by atoms with van der Waals surface area (Å²) in [6.45, 7) is 6.36. The topological polar surface area (TPSA) is 98.7 Å². The molecule has 0 spiro atoms. The Morgan fingerprint density at radius 2 is 1.72 bits per heavy atom. The number of nitrogens with one attached hydrogen (secondary N) is 2. The molecule has 0 saturated carbocycles. The molecule has 0 aliphatic carbocycles. The van der Waals surface area contributed by atoms with Crippen LogP contribution in [0, 0.1) is 0 Å². The summed E-state index contributed by atoms with van der Waals surface area (Å²) in [6, 6.07) is -1.58. The van der Waals surface area contributed by atoms with E-state index in [9.17, 15) is 14.4 Å². The van der Waals surface area contributed by atoms with E-state index in [4.69, 9.17) is 5.11 Å². The lowest BCUT2D eigenvalue weighted by molar-refractivity contribution is -0.139. The van der Waals surface area contributed by atoms with Gasteiger partial charge in [0.1, 0.15) is 6.04 Å². The van der Waals surface area contributed by atoms with E-state index in [0.717, 1.165) is 0 Å². The number of amides is 3. The average Bonchev–Trinajstić information content (AvgIpc) is 2.34.